The van der Waals surface area contributed by atoms with Crippen LogP contribution in [-0.2, 0) is 4.79 Å². The Morgan fingerprint density at radius 3 is 2.25 bits per heavy atom. The van der Waals surface area contributed by atoms with E-state index in [1.807, 2.05) is 13.0 Å². The molecule has 2 nitrogen and oxygen atoms in total. The highest BCUT2D eigenvalue weighted by Gasteiger charge is 2.05. The lowest BCUT2D eigenvalue weighted by atomic mass is 9.97. The van der Waals surface area contributed by atoms with Crippen LogP contribution in [0, 0.1) is 11.8 Å². The molecule has 2 heteroatoms. The molecular weight excluding hydrogens is 152 g/mol. The summed E-state index contributed by atoms with van der Waals surface area (Å²) in [5.41, 5.74) is 0.447. The van der Waals surface area contributed by atoms with Gasteiger partial charge in [-0.15, -0.1) is 0 Å². The second-order valence-electron chi connectivity index (χ2n) is 3.76. The van der Waals surface area contributed by atoms with Crippen molar-refractivity contribution >= 4 is 5.97 Å². The van der Waals surface area contributed by atoms with Gasteiger partial charge in [-0.05, 0) is 25.2 Å². The monoisotopic (exact) mass is 170 g/mol. The lowest BCUT2D eigenvalue weighted by Gasteiger charge is -2.09. The maximum absolute atomic E-state index is 10.5. The molecule has 0 bridgehead atoms. The Balaban J connectivity index is 4.05. The number of aliphatic carboxylic acids is 1. The second kappa shape index (κ2) is 4.96. The summed E-state index contributed by atoms with van der Waals surface area (Å²) in [4.78, 5) is 10.5. The summed E-state index contributed by atoms with van der Waals surface area (Å²) < 4.78 is 0. The minimum atomic E-state index is -0.814. The third-order valence-electron chi connectivity index (χ3n) is 1.72. The molecule has 0 fully saturated rings. The Hall–Kier alpha value is -0.790. The predicted molar refractivity (Wildman–Crippen MR) is 50.0 cm³/mol. The van der Waals surface area contributed by atoms with E-state index in [9.17, 15) is 4.79 Å². The van der Waals surface area contributed by atoms with E-state index in [0.29, 0.717) is 17.4 Å². The van der Waals surface area contributed by atoms with Crippen LogP contribution in [0.4, 0.5) is 0 Å². The standard InChI is InChI=1S/C10H18O2/c1-7(2)5-8(3)6-9(4)10(11)12/h6-8H,5H2,1-4H3,(H,11,12). The number of hydrogen-bond acceptors (Lipinski definition) is 1. The molecule has 0 saturated heterocycles. The molecule has 0 aliphatic rings. The third-order valence-corrected chi connectivity index (χ3v) is 1.72. The van der Waals surface area contributed by atoms with Crippen molar-refractivity contribution in [3.8, 4) is 0 Å². The van der Waals surface area contributed by atoms with Crippen LogP contribution in [0.2, 0.25) is 0 Å². The fourth-order valence-electron chi connectivity index (χ4n) is 1.31. The van der Waals surface area contributed by atoms with Gasteiger partial charge in [0.15, 0.2) is 0 Å². The van der Waals surface area contributed by atoms with Crippen LogP contribution >= 0.6 is 0 Å². The van der Waals surface area contributed by atoms with Crippen LogP contribution in [0.25, 0.3) is 0 Å². The van der Waals surface area contributed by atoms with Crippen LogP contribution in [-0.4, -0.2) is 11.1 Å². The topological polar surface area (TPSA) is 37.3 Å². The number of carboxylic acids is 1. The molecule has 0 aliphatic heterocycles. The molecule has 1 atom stereocenters. The summed E-state index contributed by atoms with van der Waals surface area (Å²) in [6.45, 7) is 7.96. The van der Waals surface area contributed by atoms with Gasteiger partial charge in [-0.25, -0.2) is 4.79 Å². The Morgan fingerprint density at radius 1 is 1.42 bits per heavy atom. The molecule has 0 radical (unpaired) electrons. The molecule has 1 N–H and O–H groups in total. The first-order chi connectivity index (χ1) is 5.43. The van der Waals surface area contributed by atoms with Crippen molar-refractivity contribution in [2.24, 2.45) is 11.8 Å². The van der Waals surface area contributed by atoms with E-state index in [2.05, 4.69) is 13.8 Å². The fourth-order valence-corrected chi connectivity index (χ4v) is 1.31. The zero-order valence-electron chi connectivity index (χ0n) is 8.29. The van der Waals surface area contributed by atoms with Crippen molar-refractivity contribution < 1.29 is 9.90 Å². The third kappa shape index (κ3) is 4.94. The van der Waals surface area contributed by atoms with Gasteiger partial charge in [-0.2, -0.15) is 0 Å². The van der Waals surface area contributed by atoms with Gasteiger partial charge in [-0.3, -0.25) is 0 Å². The van der Waals surface area contributed by atoms with Crippen molar-refractivity contribution in [2.45, 2.75) is 34.1 Å². The van der Waals surface area contributed by atoms with E-state index in [4.69, 9.17) is 5.11 Å². The van der Waals surface area contributed by atoms with Gasteiger partial charge in [-0.1, -0.05) is 26.8 Å². The summed E-state index contributed by atoms with van der Waals surface area (Å²) in [7, 11) is 0. The molecule has 12 heavy (non-hydrogen) atoms. The molecule has 0 heterocycles. The molecular formula is C10H18O2. The highest BCUT2D eigenvalue weighted by Crippen LogP contribution is 2.13. The Kier molecular flexibility index (Phi) is 4.64. The Morgan fingerprint density at radius 2 is 1.92 bits per heavy atom. The Bertz CT molecular complexity index is 180. The van der Waals surface area contributed by atoms with Crippen LogP contribution in [0.15, 0.2) is 11.6 Å². The van der Waals surface area contributed by atoms with Gasteiger partial charge in [0.25, 0.3) is 0 Å². The minimum Gasteiger partial charge on any atom is -0.478 e. The van der Waals surface area contributed by atoms with Crippen LogP contribution in [0.1, 0.15) is 34.1 Å². The quantitative estimate of drug-likeness (QED) is 0.659. The van der Waals surface area contributed by atoms with Gasteiger partial charge >= 0.3 is 5.97 Å². The lowest BCUT2D eigenvalue weighted by molar-refractivity contribution is -0.132. The number of allylic oxidation sites excluding steroid dienone is 1. The van der Waals surface area contributed by atoms with Crippen molar-refractivity contribution in [1.82, 2.24) is 0 Å². The molecule has 70 valence electrons. The van der Waals surface area contributed by atoms with E-state index >= 15 is 0 Å². The van der Waals surface area contributed by atoms with E-state index in [-0.39, 0.29) is 0 Å². The van der Waals surface area contributed by atoms with E-state index < -0.39 is 5.97 Å². The van der Waals surface area contributed by atoms with Gasteiger partial charge in [0.2, 0.25) is 0 Å². The zero-order chi connectivity index (χ0) is 9.72. The molecule has 1 unspecified atom stereocenters. The molecule has 0 saturated carbocycles. The van der Waals surface area contributed by atoms with Crippen molar-refractivity contribution in [1.29, 1.82) is 0 Å². The molecule has 0 aromatic rings. The number of hydrogen-bond donors (Lipinski definition) is 1. The molecule has 0 amide bonds. The maximum Gasteiger partial charge on any atom is 0.330 e. The summed E-state index contributed by atoms with van der Waals surface area (Å²) in [6, 6.07) is 0. The normalized spacial score (nSPS) is 14.9. The average Bonchev–Trinajstić information content (AvgIpc) is 1.84. The first-order valence-electron chi connectivity index (χ1n) is 4.35. The molecule has 0 rings (SSSR count). The molecule has 0 aliphatic carbocycles. The highest BCUT2D eigenvalue weighted by atomic mass is 16.4. The van der Waals surface area contributed by atoms with Crippen molar-refractivity contribution in [2.75, 3.05) is 0 Å². The second-order valence-corrected chi connectivity index (χ2v) is 3.76. The minimum absolute atomic E-state index is 0.362. The largest absolute Gasteiger partial charge is 0.478 e. The van der Waals surface area contributed by atoms with Crippen LogP contribution < -0.4 is 0 Å². The SMILES string of the molecule is CC(=CC(C)CC(C)C)C(=O)O. The first-order valence-corrected chi connectivity index (χ1v) is 4.35. The van der Waals surface area contributed by atoms with Gasteiger partial charge in [0.05, 0.1) is 0 Å². The Labute approximate surface area is 74.3 Å². The van der Waals surface area contributed by atoms with Crippen molar-refractivity contribution in [3.05, 3.63) is 11.6 Å². The fraction of sp³-hybridized carbons (Fsp3) is 0.700. The summed E-state index contributed by atoms with van der Waals surface area (Å²) >= 11 is 0. The van der Waals surface area contributed by atoms with Crippen molar-refractivity contribution in [3.63, 3.8) is 0 Å². The maximum atomic E-state index is 10.5. The number of carbonyl (C=O) groups is 1. The smallest absolute Gasteiger partial charge is 0.330 e. The summed E-state index contributed by atoms with van der Waals surface area (Å²) in [5.74, 6) is 0.171. The van der Waals surface area contributed by atoms with Gasteiger partial charge in [0.1, 0.15) is 0 Å². The number of rotatable bonds is 4. The van der Waals surface area contributed by atoms with E-state index in [0.717, 1.165) is 6.42 Å². The van der Waals surface area contributed by atoms with E-state index in [1.165, 1.54) is 0 Å². The summed E-state index contributed by atoms with van der Waals surface area (Å²) in [5, 5.41) is 8.60. The van der Waals surface area contributed by atoms with Crippen LogP contribution in [0.5, 0.6) is 0 Å². The molecule has 0 aromatic carbocycles. The summed E-state index contributed by atoms with van der Waals surface area (Å²) in [6.07, 6.45) is 2.87. The first kappa shape index (κ1) is 11.2. The van der Waals surface area contributed by atoms with Gasteiger partial charge in [0, 0.05) is 5.57 Å². The molecule has 0 aromatic heterocycles. The van der Waals surface area contributed by atoms with E-state index in [1.54, 1.807) is 6.92 Å². The molecule has 0 spiro atoms. The van der Waals surface area contributed by atoms with Gasteiger partial charge < -0.3 is 5.11 Å². The lowest BCUT2D eigenvalue weighted by Crippen LogP contribution is -2.02. The average molecular weight is 170 g/mol. The van der Waals surface area contributed by atoms with Crippen LogP contribution in [0.3, 0.4) is 0 Å². The number of carboxylic acid groups (broad SMARTS) is 1. The zero-order valence-corrected chi connectivity index (χ0v) is 8.29. The predicted octanol–water partition coefficient (Wildman–Crippen LogP) is 2.70. The highest BCUT2D eigenvalue weighted by molar-refractivity contribution is 5.85.